The molecule has 0 radical (unpaired) electrons. The summed E-state index contributed by atoms with van der Waals surface area (Å²) in [5.41, 5.74) is 1.42. The van der Waals surface area contributed by atoms with Gasteiger partial charge in [0.15, 0.2) is 0 Å². The molecule has 0 amide bonds. The first kappa shape index (κ1) is 8.78. The third kappa shape index (κ3) is 1.38. The van der Waals surface area contributed by atoms with Crippen LogP contribution in [-0.4, -0.2) is 10.2 Å². The molecule has 0 spiro atoms. The zero-order chi connectivity index (χ0) is 9.42. The van der Waals surface area contributed by atoms with Gasteiger partial charge in [0.25, 0.3) is 5.24 Å². The number of benzene rings is 1. The van der Waals surface area contributed by atoms with Gasteiger partial charge in [0.05, 0.1) is 5.52 Å². The second kappa shape index (κ2) is 3.16. The Morgan fingerprint density at radius 1 is 1.38 bits per heavy atom. The number of nitrogens with one attached hydrogen (secondary N) is 1. The van der Waals surface area contributed by atoms with Gasteiger partial charge in [-0.1, -0.05) is 0 Å². The maximum absolute atomic E-state index is 11.0. The van der Waals surface area contributed by atoms with Crippen molar-refractivity contribution in [2.45, 2.75) is 0 Å². The lowest BCUT2D eigenvalue weighted by Gasteiger charge is -1.98. The van der Waals surface area contributed by atoms with Crippen molar-refractivity contribution in [1.82, 2.24) is 4.98 Å². The summed E-state index contributed by atoms with van der Waals surface area (Å²) in [6, 6.07) is 5.33. The molecule has 66 valence electrons. The van der Waals surface area contributed by atoms with E-state index >= 15 is 0 Å². The van der Waals surface area contributed by atoms with E-state index in [4.69, 9.17) is 11.6 Å². The third-order valence-corrected chi connectivity index (χ3v) is 2.75. The molecule has 1 aromatic heterocycles. The Balaban J connectivity index is 2.86. The molecular weight excluding hydrogens is 253 g/mol. The van der Waals surface area contributed by atoms with E-state index in [0.717, 1.165) is 15.4 Å². The molecule has 4 heteroatoms. The van der Waals surface area contributed by atoms with Gasteiger partial charge in [0.2, 0.25) is 0 Å². The highest BCUT2D eigenvalue weighted by atomic mass is 79.9. The zero-order valence-electron chi connectivity index (χ0n) is 6.47. The largest absolute Gasteiger partial charge is 0.360 e. The van der Waals surface area contributed by atoms with Gasteiger partial charge in [-0.15, -0.1) is 0 Å². The Kier molecular flexibility index (Phi) is 2.14. The minimum Gasteiger partial charge on any atom is -0.360 e. The summed E-state index contributed by atoms with van der Waals surface area (Å²) in [6.45, 7) is 0. The molecule has 0 aliphatic heterocycles. The van der Waals surface area contributed by atoms with Crippen LogP contribution < -0.4 is 0 Å². The van der Waals surface area contributed by atoms with Crippen LogP contribution in [0.1, 0.15) is 10.4 Å². The maximum Gasteiger partial charge on any atom is 0.253 e. The van der Waals surface area contributed by atoms with Gasteiger partial charge in [-0.05, 0) is 45.7 Å². The smallest absolute Gasteiger partial charge is 0.253 e. The number of rotatable bonds is 1. The first-order valence-electron chi connectivity index (χ1n) is 3.65. The lowest BCUT2D eigenvalue weighted by atomic mass is 10.1. The Bertz CT molecular complexity index is 477. The van der Waals surface area contributed by atoms with Crippen LogP contribution >= 0.6 is 27.5 Å². The maximum atomic E-state index is 11.0. The molecule has 2 rings (SSSR count). The van der Waals surface area contributed by atoms with E-state index in [2.05, 4.69) is 20.9 Å². The summed E-state index contributed by atoms with van der Waals surface area (Å²) in [4.78, 5) is 14.0. The molecule has 0 saturated carbocycles. The van der Waals surface area contributed by atoms with Crippen molar-refractivity contribution >= 4 is 43.7 Å². The molecule has 2 aromatic rings. The normalized spacial score (nSPS) is 10.6. The summed E-state index contributed by atoms with van der Waals surface area (Å²) in [5.74, 6) is 0. The van der Waals surface area contributed by atoms with Gasteiger partial charge in [-0.25, -0.2) is 0 Å². The van der Waals surface area contributed by atoms with Crippen molar-refractivity contribution in [3.05, 3.63) is 34.4 Å². The van der Waals surface area contributed by atoms with E-state index in [0.29, 0.717) is 5.56 Å². The number of hydrogen-bond acceptors (Lipinski definition) is 1. The quantitative estimate of drug-likeness (QED) is 0.782. The molecule has 0 bridgehead atoms. The van der Waals surface area contributed by atoms with E-state index in [1.807, 2.05) is 6.07 Å². The monoisotopic (exact) mass is 257 g/mol. The highest BCUT2D eigenvalue weighted by Crippen LogP contribution is 2.26. The second-order valence-corrected chi connectivity index (χ2v) is 3.83. The Hall–Kier alpha value is -0.800. The molecular formula is C9H5BrClNO. The molecule has 13 heavy (non-hydrogen) atoms. The number of carbonyl (C=O) groups is 1. The number of H-pyrrole nitrogens is 1. The topological polar surface area (TPSA) is 32.9 Å². The predicted octanol–water partition coefficient (Wildman–Crippen LogP) is 3.31. The number of hydrogen-bond donors (Lipinski definition) is 1. The molecule has 0 atom stereocenters. The van der Waals surface area contributed by atoms with Crippen LogP contribution in [0.3, 0.4) is 0 Å². The molecule has 1 heterocycles. The van der Waals surface area contributed by atoms with E-state index < -0.39 is 5.24 Å². The van der Waals surface area contributed by atoms with Crippen LogP contribution in [0.5, 0.6) is 0 Å². The standard InChI is InChI=1S/C9H5BrClNO/c10-7-2-1-6(9(11)13)5-3-4-12-8(5)7/h1-4,12H. The van der Waals surface area contributed by atoms with Crippen molar-refractivity contribution in [3.63, 3.8) is 0 Å². The molecule has 0 unspecified atom stereocenters. The van der Waals surface area contributed by atoms with Crippen molar-refractivity contribution in [2.75, 3.05) is 0 Å². The predicted molar refractivity (Wildman–Crippen MR) is 56.2 cm³/mol. The summed E-state index contributed by atoms with van der Waals surface area (Å²) in [6.07, 6.45) is 1.78. The Labute approximate surface area is 88.0 Å². The molecule has 1 N–H and O–H groups in total. The molecule has 0 fully saturated rings. The highest BCUT2D eigenvalue weighted by Gasteiger charge is 2.09. The fraction of sp³-hybridized carbons (Fsp3) is 0. The van der Waals surface area contributed by atoms with Gasteiger partial charge < -0.3 is 4.98 Å². The van der Waals surface area contributed by atoms with Gasteiger partial charge in [-0.3, -0.25) is 4.79 Å². The fourth-order valence-electron chi connectivity index (χ4n) is 1.29. The van der Waals surface area contributed by atoms with Crippen molar-refractivity contribution in [1.29, 1.82) is 0 Å². The van der Waals surface area contributed by atoms with E-state index in [9.17, 15) is 4.79 Å². The zero-order valence-corrected chi connectivity index (χ0v) is 8.82. The van der Waals surface area contributed by atoms with Crippen molar-refractivity contribution in [3.8, 4) is 0 Å². The average molecular weight is 259 g/mol. The molecule has 0 aliphatic carbocycles. The van der Waals surface area contributed by atoms with Crippen LogP contribution in [0.15, 0.2) is 28.9 Å². The number of halogens is 2. The fourth-order valence-corrected chi connectivity index (χ4v) is 1.92. The van der Waals surface area contributed by atoms with Gasteiger partial charge >= 0.3 is 0 Å². The van der Waals surface area contributed by atoms with Crippen LogP contribution in [0.25, 0.3) is 10.9 Å². The van der Waals surface area contributed by atoms with Crippen LogP contribution in [-0.2, 0) is 0 Å². The average Bonchev–Trinajstić information content (AvgIpc) is 2.53. The van der Waals surface area contributed by atoms with Crippen LogP contribution in [0.4, 0.5) is 0 Å². The Morgan fingerprint density at radius 3 is 2.85 bits per heavy atom. The minimum atomic E-state index is -0.433. The number of fused-ring (bicyclic) bond motifs is 1. The minimum absolute atomic E-state index is 0.433. The Morgan fingerprint density at radius 2 is 2.15 bits per heavy atom. The van der Waals surface area contributed by atoms with E-state index in [-0.39, 0.29) is 0 Å². The summed E-state index contributed by atoms with van der Waals surface area (Å²) < 4.78 is 0.925. The summed E-state index contributed by atoms with van der Waals surface area (Å²) in [7, 11) is 0. The first-order chi connectivity index (χ1) is 6.20. The first-order valence-corrected chi connectivity index (χ1v) is 4.82. The van der Waals surface area contributed by atoms with Gasteiger partial charge in [0, 0.05) is 21.6 Å². The summed E-state index contributed by atoms with van der Waals surface area (Å²) >= 11 is 8.80. The SMILES string of the molecule is O=C(Cl)c1ccc(Br)c2[nH]ccc12. The summed E-state index contributed by atoms with van der Waals surface area (Å²) in [5, 5.41) is 0.409. The molecule has 0 aliphatic rings. The lowest BCUT2D eigenvalue weighted by Crippen LogP contribution is -1.89. The lowest BCUT2D eigenvalue weighted by molar-refractivity contribution is 0.108. The van der Waals surface area contributed by atoms with Crippen LogP contribution in [0.2, 0.25) is 0 Å². The molecule has 2 nitrogen and oxygen atoms in total. The van der Waals surface area contributed by atoms with Gasteiger partial charge in [-0.2, -0.15) is 0 Å². The van der Waals surface area contributed by atoms with Crippen molar-refractivity contribution in [2.24, 2.45) is 0 Å². The van der Waals surface area contributed by atoms with Crippen LogP contribution in [0, 0.1) is 0 Å². The van der Waals surface area contributed by atoms with E-state index in [1.54, 1.807) is 18.3 Å². The number of carbonyl (C=O) groups excluding carboxylic acids is 1. The van der Waals surface area contributed by atoms with Crippen molar-refractivity contribution < 1.29 is 4.79 Å². The molecule has 1 aromatic carbocycles. The number of aromatic nitrogens is 1. The third-order valence-electron chi connectivity index (χ3n) is 1.88. The highest BCUT2D eigenvalue weighted by molar-refractivity contribution is 9.10. The second-order valence-electron chi connectivity index (χ2n) is 2.63. The number of aromatic amines is 1. The van der Waals surface area contributed by atoms with E-state index in [1.165, 1.54) is 0 Å². The molecule has 0 saturated heterocycles. The van der Waals surface area contributed by atoms with Gasteiger partial charge in [0.1, 0.15) is 0 Å².